The molecule has 0 aliphatic carbocycles. The van der Waals surface area contributed by atoms with Gasteiger partial charge in [0.2, 0.25) is 0 Å². The maximum atomic E-state index is 5.10. The summed E-state index contributed by atoms with van der Waals surface area (Å²) in [5, 5.41) is 4.29. The van der Waals surface area contributed by atoms with Crippen LogP contribution in [0.5, 0.6) is 0 Å². The lowest BCUT2D eigenvalue weighted by Gasteiger charge is -1.99. The standard InChI is InChI=1S/C11H13NOS2/c1-2-13-12-7-10-6-9(8-15-10)11-4-3-5-14-11/h3-6,8,12H,2,7H2,1H3. The summed E-state index contributed by atoms with van der Waals surface area (Å²) in [6, 6.07) is 6.44. The first-order valence-corrected chi connectivity index (χ1v) is 6.62. The van der Waals surface area contributed by atoms with E-state index in [0.717, 1.165) is 6.54 Å². The van der Waals surface area contributed by atoms with E-state index in [9.17, 15) is 0 Å². The smallest absolute Gasteiger partial charge is 0.0654 e. The molecule has 0 saturated carbocycles. The van der Waals surface area contributed by atoms with Crippen LogP contribution in [0.4, 0.5) is 0 Å². The van der Waals surface area contributed by atoms with E-state index in [2.05, 4.69) is 34.4 Å². The second kappa shape index (κ2) is 5.42. The molecule has 2 aromatic heterocycles. The first-order valence-electron chi connectivity index (χ1n) is 4.86. The van der Waals surface area contributed by atoms with Crippen LogP contribution in [0.15, 0.2) is 29.0 Å². The average molecular weight is 239 g/mol. The lowest BCUT2D eigenvalue weighted by atomic mass is 10.2. The van der Waals surface area contributed by atoms with E-state index in [4.69, 9.17) is 4.84 Å². The Morgan fingerprint density at radius 1 is 1.40 bits per heavy atom. The summed E-state index contributed by atoms with van der Waals surface area (Å²) >= 11 is 3.54. The average Bonchev–Trinajstić information content (AvgIpc) is 2.87. The zero-order valence-electron chi connectivity index (χ0n) is 8.53. The summed E-state index contributed by atoms with van der Waals surface area (Å²) < 4.78 is 0. The van der Waals surface area contributed by atoms with Crippen LogP contribution in [0, 0.1) is 0 Å². The van der Waals surface area contributed by atoms with Crippen molar-refractivity contribution >= 4 is 22.7 Å². The molecule has 4 heteroatoms. The Morgan fingerprint density at radius 3 is 3.07 bits per heavy atom. The summed E-state index contributed by atoms with van der Waals surface area (Å²) in [5.41, 5.74) is 4.23. The summed E-state index contributed by atoms with van der Waals surface area (Å²) in [5.74, 6) is 0. The Kier molecular flexibility index (Phi) is 3.91. The van der Waals surface area contributed by atoms with Crippen LogP contribution in [-0.4, -0.2) is 6.61 Å². The first-order chi connectivity index (χ1) is 7.40. The van der Waals surface area contributed by atoms with Gasteiger partial charge in [0.1, 0.15) is 0 Å². The Hall–Kier alpha value is -0.680. The fourth-order valence-electron chi connectivity index (χ4n) is 1.27. The number of hydrogen-bond donors (Lipinski definition) is 1. The number of rotatable bonds is 5. The quantitative estimate of drug-likeness (QED) is 0.637. The van der Waals surface area contributed by atoms with E-state index in [-0.39, 0.29) is 0 Å². The van der Waals surface area contributed by atoms with Crippen LogP contribution in [0.1, 0.15) is 11.8 Å². The van der Waals surface area contributed by atoms with Crippen molar-refractivity contribution in [3.05, 3.63) is 33.8 Å². The molecule has 0 radical (unpaired) electrons. The molecular weight excluding hydrogens is 226 g/mol. The molecule has 0 unspecified atom stereocenters. The molecule has 0 fully saturated rings. The molecule has 2 rings (SSSR count). The fourth-order valence-corrected chi connectivity index (χ4v) is 2.87. The van der Waals surface area contributed by atoms with E-state index < -0.39 is 0 Å². The SMILES string of the molecule is CCONCc1cc(-c2cccs2)cs1. The third-order valence-electron chi connectivity index (χ3n) is 1.95. The van der Waals surface area contributed by atoms with Gasteiger partial charge >= 0.3 is 0 Å². The number of nitrogens with one attached hydrogen (secondary N) is 1. The van der Waals surface area contributed by atoms with Crippen LogP contribution in [0.2, 0.25) is 0 Å². The van der Waals surface area contributed by atoms with Crippen molar-refractivity contribution in [2.75, 3.05) is 6.61 Å². The normalized spacial score (nSPS) is 10.7. The largest absolute Gasteiger partial charge is 0.302 e. The van der Waals surface area contributed by atoms with Crippen molar-refractivity contribution in [2.24, 2.45) is 0 Å². The summed E-state index contributed by atoms with van der Waals surface area (Å²) in [6.07, 6.45) is 0. The van der Waals surface area contributed by atoms with Crippen LogP contribution < -0.4 is 5.48 Å². The monoisotopic (exact) mass is 239 g/mol. The number of hydroxylamine groups is 1. The Morgan fingerprint density at radius 2 is 2.33 bits per heavy atom. The van der Waals surface area contributed by atoms with Crippen LogP contribution >= 0.6 is 22.7 Å². The van der Waals surface area contributed by atoms with Crippen molar-refractivity contribution in [3.63, 3.8) is 0 Å². The molecule has 0 amide bonds. The van der Waals surface area contributed by atoms with Gasteiger partial charge in [0, 0.05) is 15.3 Å². The maximum absolute atomic E-state index is 5.10. The minimum absolute atomic E-state index is 0.698. The van der Waals surface area contributed by atoms with Crippen LogP contribution in [0.25, 0.3) is 10.4 Å². The Bertz CT molecular complexity index is 394. The molecule has 0 atom stereocenters. The van der Waals surface area contributed by atoms with Crippen molar-refractivity contribution in [3.8, 4) is 10.4 Å². The highest BCUT2D eigenvalue weighted by Crippen LogP contribution is 2.29. The molecule has 0 spiro atoms. The minimum Gasteiger partial charge on any atom is -0.302 e. The Labute approximate surface area is 97.5 Å². The topological polar surface area (TPSA) is 21.3 Å². The van der Waals surface area contributed by atoms with Gasteiger partial charge in [-0.15, -0.1) is 22.7 Å². The molecule has 0 aromatic carbocycles. The third kappa shape index (κ3) is 2.89. The van der Waals surface area contributed by atoms with Gasteiger partial charge in [0.05, 0.1) is 13.2 Å². The lowest BCUT2D eigenvalue weighted by Crippen LogP contribution is -2.12. The molecule has 2 nitrogen and oxygen atoms in total. The maximum Gasteiger partial charge on any atom is 0.0654 e. The van der Waals surface area contributed by atoms with Gasteiger partial charge in [0.25, 0.3) is 0 Å². The van der Waals surface area contributed by atoms with Gasteiger partial charge in [-0.25, -0.2) is 0 Å². The van der Waals surface area contributed by atoms with E-state index in [1.54, 1.807) is 22.7 Å². The van der Waals surface area contributed by atoms with E-state index in [1.165, 1.54) is 15.3 Å². The molecular formula is C11H13NOS2. The van der Waals surface area contributed by atoms with Crippen molar-refractivity contribution in [1.29, 1.82) is 0 Å². The molecule has 15 heavy (non-hydrogen) atoms. The molecule has 0 aliphatic heterocycles. The highest BCUT2D eigenvalue weighted by atomic mass is 32.1. The molecule has 0 aliphatic rings. The van der Waals surface area contributed by atoms with Gasteiger partial charge < -0.3 is 4.84 Å². The molecule has 0 saturated heterocycles. The molecule has 80 valence electrons. The van der Waals surface area contributed by atoms with Gasteiger partial charge in [-0.2, -0.15) is 5.48 Å². The molecule has 0 bridgehead atoms. The summed E-state index contributed by atoms with van der Waals surface area (Å²) in [7, 11) is 0. The van der Waals surface area contributed by atoms with Gasteiger partial charge in [-0.05, 0) is 29.8 Å². The predicted molar refractivity (Wildman–Crippen MR) is 66.1 cm³/mol. The Balaban J connectivity index is 1.98. The molecule has 1 N–H and O–H groups in total. The number of hydrogen-bond acceptors (Lipinski definition) is 4. The van der Waals surface area contributed by atoms with Gasteiger partial charge in [-0.1, -0.05) is 6.07 Å². The highest BCUT2D eigenvalue weighted by molar-refractivity contribution is 7.14. The zero-order valence-corrected chi connectivity index (χ0v) is 10.2. The minimum atomic E-state index is 0.698. The van der Waals surface area contributed by atoms with Crippen LogP contribution in [-0.2, 0) is 11.4 Å². The second-order valence-electron chi connectivity index (χ2n) is 3.03. The van der Waals surface area contributed by atoms with Crippen molar-refractivity contribution < 1.29 is 4.84 Å². The predicted octanol–water partition coefficient (Wildman–Crippen LogP) is 3.52. The highest BCUT2D eigenvalue weighted by Gasteiger charge is 2.02. The second-order valence-corrected chi connectivity index (χ2v) is 4.98. The first kappa shape index (κ1) is 10.8. The lowest BCUT2D eigenvalue weighted by molar-refractivity contribution is 0.0469. The summed E-state index contributed by atoms with van der Waals surface area (Å²) in [4.78, 5) is 7.72. The van der Waals surface area contributed by atoms with E-state index in [0.29, 0.717) is 6.61 Å². The van der Waals surface area contributed by atoms with Gasteiger partial charge in [-0.3, -0.25) is 0 Å². The van der Waals surface area contributed by atoms with Gasteiger partial charge in [0.15, 0.2) is 0 Å². The van der Waals surface area contributed by atoms with Crippen molar-refractivity contribution in [2.45, 2.75) is 13.5 Å². The van der Waals surface area contributed by atoms with E-state index >= 15 is 0 Å². The molecule has 2 heterocycles. The number of thiophene rings is 2. The van der Waals surface area contributed by atoms with Crippen molar-refractivity contribution in [1.82, 2.24) is 5.48 Å². The van der Waals surface area contributed by atoms with E-state index in [1.807, 2.05) is 6.92 Å². The zero-order chi connectivity index (χ0) is 10.5. The summed E-state index contributed by atoms with van der Waals surface area (Å²) in [6.45, 7) is 3.45. The molecule has 2 aromatic rings. The van der Waals surface area contributed by atoms with Crippen LogP contribution in [0.3, 0.4) is 0 Å². The fraction of sp³-hybridized carbons (Fsp3) is 0.273. The third-order valence-corrected chi connectivity index (χ3v) is 3.81.